The van der Waals surface area contributed by atoms with Crippen molar-refractivity contribution in [1.29, 1.82) is 0 Å². The van der Waals surface area contributed by atoms with Crippen molar-refractivity contribution in [3.63, 3.8) is 0 Å². The van der Waals surface area contributed by atoms with Crippen molar-refractivity contribution in [2.45, 2.75) is 52.1 Å². The van der Waals surface area contributed by atoms with Gasteiger partial charge in [-0.1, -0.05) is 38.1 Å². The van der Waals surface area contributed by atoms with Crippen molar-refractivity contribution >= 4 is 35.0 Å². The topological polar surface area (TPSA) is 98.8 Å². The summed E-state index contributed by atoms with van der Waals surface area (Å²) in [6.07, 6.45) is 1.54. The minimum absolute atomic E-state index is 0.00236. The Bertz CT molecular complexity index is 1160. The Labute approximate surface area is 205 Å². The lowest BCUT2D eigenvalue weighted by Gasteiger charge is -2.48. The summed E-state index contributed by atoms with van der Waals surface area (Å²) in [5.41, 5.74) is 1.30. The molecule has 4 rings (SSSR count). The lowest BCUT2D eigenvalue weighted by molar-refractivity contribution is -0.118. The lowest BCUT2D eigenvalue weighted by Crippen LogP contribution is -2.62. The van der Waals surface area contributed by atoms with E-state index < -0.39 is 5.66 Å². The van der Waals surface area contributed by atoms with Gasteiger partial charge in [0.1, 0.15) is 5.66 Å². The van der Waals surface area contributed by atoms with Crippen LogP contribution in [0.1, 0.15) is 67.2 Å². The average Bonchev–Trinajstić information content (AvgIpc) is 3.15. The van der Waals surface area contributed by atoms with E-state index in [0.29, 0.717) is 60.8 Å². The number of anilines is 2. The zero-order valence-electron chi connectivity index (χ0n) is 20.5. The maximum atomic E-state index is 13.3. The van der Waals surface area contributed by atoms with E-state index in [1.54, 1.807) is 46.2 Å². The number of carbonyl (C=O) groups is 4. The predicted molar refractivity (Wildman–Crippen MR) is 134 cm³/mol. The van der Waals surface area contributed by atoms with Crippen molar-refractivity contribution in [1.82, 2.24) is 10.2 Å². The number of benzene rings is 2. The fraction of sp³-hybridized carbons (Fsp3) is 0.407. The molecule has 184 valence electrons. The quantitative estimate of drug-likeness (QED) is 0.606. The summed E-state index contributed by atoms with van der Waals surface area (Å²) < 4.78 is 0. The zero-order chi connectivity index (χ0) is 25.2. The Morgan fingerprint density at radius 3 is 2.54 bits per heavy atom. The van der Waals surface area contributed by atoms with Crippen molar-refractivity contribution < 1.29 is 19.2 Å². The van der Waals surface area contributed by atoms with Crippen LogP contribution in [0.15, 0.2) is 48.5 Å². The Morgan fingerprint density at radius 2 is 1.77 bits per heavy atom. The molecule has 1 atom stereocenters. The predicted octanol–water partition coefficient (Wildman–Crippen LogP) is 3.79. The molecular weight excluding hydrogens is 444 g/mol. The number of para-hydroxylation sites is 2. The molecule has 2 aromatic rings. The molecule has 0 saturated carbocycles. The molecule has 2 aliphatic heterocycles. The van der Waals surface area contributed by atoms with Crippen LogP contribution in [0.25, 0.3) is 0 Å². The van der Waals surface area contributed by atoms with Crippen molar-refractivity contribution in [2.75, 3.05) is 23.3 Å². The smallest absolute Gasteiger partial charge is 0.257 e. The van der Waals surface area contributed by atoms with Gasteiger partial charge in [0, 0.05) is 25.9 Å². The van der Waals surface area contributed by atoms with Gasteiger partial charge in [-0.2, -0.15) is 0 Å². The highest BCUT2D eigenvalue weighted by Crippen LogP contribution is 2.44. The molecule has 8 heteroatoms. The van der Waals surface area contributed by atoms with Gasteiger partial charge in [-0.25, -0.2) is 0 Å². The number of nitrogens with zero attached hydrogens (tertiary/aromatic N) is 2. The maximum Gasteiger partial charge on any atom is 0.257 e. The summed E-state index contributed by atoms with van der Waals surface area (Å²) in [6, 6.07) is 14.1. The first-order valence-electron chi connectivity index (χ1n) is 12.1. The van der Waals surface area contributed by atoms with Crippen LogP contribution in [0.5, 0.6) is 0 Å². The standard InChI is InChI=1S/C27H32N4O4/c1-18(2)17-28-25(34)19-9-4-6-11-21(19)29-23(32)13-8-16-30-26(35)20-10-5-7-12-22(20)31-24(33)14-15-27(30,31)3/h4-7,9-12,18H,8,13-17H2,1-3H3,(H,28,34)(H,29,32). The monoisotopic (exact) mass is 476 g/mol. The van der Waals surface area contributed by atoms with Crippen molar-refractivity contribution in [3.05, 3.63) is 59.7 Å². The van der Waals surface area contributed by atoms with Crippen LogP contribution in [0.2, 0.25) is 0 Å². The van der Waals surface area contributed by atoms with Crippen LogP contribution in [-0.4, -0.2) is 47.3 Å². The van der Waals surface area contributed by atoms with Crippen LogP contribution in [0, 0.1) is 5.92 Å². The largest absolute Gasteiger partial charge is 0.352 e. The molecule has 1 saturated heterocycles. The van der Waals surface area contributed by atoms with E-state index >= 15 is 0 Å². The molecule has 2 aromatic carbocycles. The highest BCUT2D eigenvalue weighted by Gasteiger charge is 2.52. The summed E-state index contributed by atoms with van der Waals surface area (Å²) >= 11 is 0. The fourth-order valence-electron chi connectivity index (χ4n) is 4.83. The number of carbonyl (C=O) groups excluding carboxylic acids is 4. The third-order valence-electron chi connectivity index (χ3n) is 6.65. The molecule has 2 aliphatic rings. The molecular formula is C27H32N4O4. The maximum absolute atomic E-state index is 13.3. The second kappa shape index (κ2) is 9.90. The number of nitrogens with one attached hydrogen (secondary N) is 2. The van der Waals surface area contributed by atoms with E-state index in [1.807, 2.05) is 32.9 Å². The molecule has 35 heavy (non-hydrogen) atoms. The van der Waals surface area contributed by atoms with Crippen LogP contribution < -0.4 is 15.5 Å². The van der Waals surface area contributed by atoms with E-state index in [1.165, 1.54) is 0 Å². The molecule has 4 amide bonds. The second-order valence-electron chi connectivity index (χ2n) is 9.72. The van der Waals surface area contributed by atoms with Crippen molar-refractivity contribution in [2.24, 2.45) is 5.92 Å². The lowest BCUT2D eigenvalue weighted by atomic mass is 9.98. The molecule has 0 aliphatic carbocycles. The molecule has 2 heterocycles. The van der Waals surface area contributed by atoms with Crippen LogP contribution >= 0.6 is 0 Å². The van der Waals surface area contributed by atoms with E-state index in [2.05, 4.69) is 10.6 Å². The highest BCUT2D eigenvalue weighted by atomic mass is 16.2. The Hall–Kier alpha value is -3.68. The van der Waals surface area contributed by atoms with Gasteiger partial charge < -0.3 is 15.5 Å². The summed E-state index contributed by atoms with van der Waals surface area (Å²) in [5, 5.41) is 5.71. The van der Waals surface area contributed by atoms with E-state index in [0.717, 1.165) is 0 Å². The van der Waals surface area contributed by atoms with Gasteiger partial charge in [0.15, 0.2) is 0 Å². The Kier molecular flexibility index (Phi) is 6.91. The summed E-state index contributed by atoms with van der Waals surface area (Å²) in [5.74, 6) is -0.267. The SMILES string of the molecule is CC(C)CNC(=O)c1ccccc1NC(=O)CCCN1C(=O)c2ccccc2N2C(=O)CCC12C. The molecule has 2 N–H and O–H groups in total. The highest BCUT2D eigenvalue weighted by molar-refractivity contribution is 6.10. The van der Waals surface area contributed by atoms with Gasteiger partial charge in [0.05, 0.1) is 22.5 Å². The third kappa shape index (κ3) is 4.78. The number of rotatable bonds is 8. The van der Waals surface area contributed by atoms with Gasteiger partial charge in [0.2, 0.25) is 11.8 Å². The summed E-state index contributed by atoms with van der Waals surface area (Å²) in [4.78, 5) is 54.7. The molecule has 0 bridgehead atoms. The minimum Gasteiger partial charge on any atom is -0.352 e. The Balaban J connectivity index is 1.41. The van der Waals surface area contributed by atoms with E-state index in [-0.39, 0.29) is 30.0 Å². The molecule has 1 fully saturated rings. The number of fused-ring (bicyclic) bond motifs is 3. The molecule has 0 aromatic heterocycles. The number of amides is 4. The first kappa shape index (κ1) is 24.4. The van der Waals surface area contributed by atoms with Gasteiger partial charge in [-0.05, 0) is 49.9 Å². The van der Waals surface area contributed by atoms with E-state index in [9.17, 15) is 19.2 Å². The number of hydrogen-bond acceptors (Lipinski definition) is 4. The van der Waals surface area contributed by atoms with Crippen LogP contribution in [0.3, 0.4) is 0 Å². The molecule has 0 spiro atoms. The van der Waals surface area contributed by atoms with E-state index in [4.69, 9.17) is 0 Å². The molecule has 1 unspecified atom stereocenters. The van der Waals surface area contributed by atoms with Gasteiger partial charge >= 0.3 is 0 Å². The first-order valence-corrected chi connectivity index (χ1v) is 12.1. The zero-order valence-corrected chi connectivity index (χ0v) is 20.5. The molecule has 8 nitrogen and oxygen atoms in total. The van der Waals surface area contributed by atoms with Gasteiger partial charge in [0.25, 0.3) is 11.8 Å². The summed E-state index contributed by atoms with van der Waals surface area (Å²) in [6.45, 7) is 6.84. The second-order valence-corrected chi connectivity index (χ2v) is 9.72. The summed E-state index contributed by atoms with van der Waals surface area (Å²) in [7, 11) is 0. The normalized spacial score (nSPS) is 19.0. The van der Waals surface area contributed by atoms with Crippen LogP contribution in [0.4, 0.5) is 11.4 Å². The molecule has 0 radical (unpaired) electrons. The third-order valence-corrected chi connectivity index (χ3v) is 6.65. The average molecular weight is 477 g/mol. The van der Waals surface area contributed by atoms with Crippen molar-refractivity contribution in [3.8, 4) is 0 Å². The van der Waals surface area contributed by atoms with Crippen LogP contribution in [-0.2, 0) is 9.59 Å². The minimum atomic E-state index is -0.736. The first-order chi connectivity index (χ1) is 16.7. The van der Waals surface area contributed by atoms with Gasteiger partial charge in [-0.15, -0.1) is 0 Å². The van der Waals surface area contributed by atoms with Gasteiger partial charge in [-0.3, -0.25) is 24.1 Å². The fourth-order valence-corrected chi connectivity index (χ4v) is 4.83. The number of hydrogen-bond donors (Lipinski definition) is 2. The Morgan fingerprint density at radius 1 is 1.06 bits per heavy atom.